The second-order valence-corrected chi connectivity index (χ2v) is 6.07. The molecule has 0 aliphatic rings. The molecule has 3 aromatic heterocycles. The Morgan fingerprint density at radius 3 is 2.88 bits per heavy atom. The number of pyridine rings is 1. The van der Waals surface area contributed by atoms with E-state index in [1.54, 1.807) is 13.8 Å². The van der Waals surface area contributed by atoms with Gasteiger partial charge in [-0.1, -0.05) is 6.07 Å². The van der Waals surface area contributed by atoms with Crippen molar-refractivity contribution >= 4 is 28.3 Å². The molecule has 0 N–H and O–H groups in total. The number of carbonyl (C=O) groups excluding carboxylic acids is 1. The lowest BCUT2D eigenvalue weighted by molar-refractivity contribution is -0.143. The molecule has 0 aliphatic heterocycles. The van der Waals surface area contributed by atoms with E-state index in [1.165, 1.54) is 22.1 Å². The van der Waals surface area contributed by atoms with Gasteiger partial charge in [0.15, 0.2) is 5.65 Å². The molecule has 0 amide bonds. The van der Waals surface area contributed by atoms with Crippen LogP contribution in [0, 0.1) is 6.92 Å². The van der Waals surface area contributed by atoms with Crippen LogP contribution in [0.4, 0.5) is 8.78 Å². The molecule has 3 rings (SSSR count). The monoisotopic (exact) mass is 351 g/mol. The lowest BCUT2D eigenvalue weighted by atomic mass is 10.1. The summed E-state index contributed by atoms with van der Waals surface area (Å²) in [5, 5.41) is 6.34. The van der Waals surface area contributed by atoms with Crippen molar-refractivity contribution in [3.8, 4) is 10.6 Å². The number of thiophene rings is 1. The van der Waals surface area contributed by atoms with E-state index in [0.29, 0.717) is 11.4 Å². The minimum Gasteiger partial charge on any atom is -0.465 e. The normalized spacial score (nSPS) is 11.4. The number of alkyl halides is 2. The predicted octanol–water partition coefficient (Wildman–Crippen LogP) is 3.97. The highest BCUT2D eigenvalue weighted by atomic mass is 32.1. The second kappa shape index (κ2) is 6.64. The van der Waals surface area contributed by atoms with Crippen molar-refractivity contribution in [3.05, 3.63) is 34.8 Å². The molecule has 0 radical (unpaired) electrons. The molecule has 0 aromatic carbocycles. The van der Waals surface area contributed by atoms with Crippen molar-refractivity contribution in [2.24, 2.45) is 0 Å². The molecule has 126 valence electrons. The van der Waals surface area contributed by atoms with E-state index in [-0.39, 0.29) is 29.7 Å². The zero-order valence-corrected chi connectivity index (χ0v) is 13.9. The molecule has 0 bridgehead atoms. The number of halogens is 2. The van der Waals surface area contributed by atoms with E-state index in [2.05, 4.69) is 10.1 Å². The molecular formula is C16H15F2N3O2S. The summed E-state index contributed by atoms with van der Waals surface area (Å²) >= 11 is 1.41. The Kier molecular flexibility index (Phi) is 4.57. The molecule has 0 aliphatic carbocycles. The van der Waals surface area contributed by atoms with Crippen LogP contribution in [0.2, 0.25) is 0 Å². The summed E-state index contributed by atoms with van der Waals surface area (Å²) in [4.78, 5) is 17.0. The van der Waals surface area contributed by atoms with E-state index < -0.39 is 12.4 Å². The Morgan fingerprint density at radius 1 is 1.46 bits per heavy atom. The van der Waals surface area contributed by atoms with E-state index in [0.717, 1.165) is 4.88 Å². The molecule has 3 heterocycles. The van der Waals surface area contributed by atoms with Gasteiger partial charge in [-0.25, -0.2) is 18.4 Å². The standard InChI is InChI=1S/C16H15F2N3O2S/c1-3-23-13(22)8-21-16-14(9(2)20-21)10(15(17)18)7-11(19-16)12-5-4-6-24-12/h4-7,15H,3,8H2,1-2H3. The van der Waals surface area contributed by atoms with Crippen molar-refractivity contribution in [3.63, 3.8) is 0 Å². The summed E-state index contributed by atoms with van der Waals surface area (Å²) in [5.74, 6) is -0.483. The Balaban J connectivity index is 2.19. The molecule has 0 saturated carbocycles. The average Bonchev–Trinajstić information content (AvgIpc) is 3.16. The molecule has 8 heteroatoms. The SMILES string of the molecule is CCOC(=O)Cn1nc(C)c2c(C(F)F)cc(-c3cccs3)nc21. The van der Waals surface area contributed by atoms with Gasteiger partial charge in [0.25, 0.3) is 6.43 Å². The lowest BCUT2D eigenvalue weighted by Gasteiger charge is -2.07. The molecule has 0 atom stereocenters. The molecule has 0 saturated heterocycles. The first kappa shape index (κ1) is 16.5. The smallest absolute Gasteiger partial charge is 0.327 e. The van der Waals surface area contributed by atoms with Gasteiger partial charge in [0.1, 0.15) is 6.54 Å². The fourth-order valence-electron chi connectivity index (χ4n) is 2.55. The van der Waals surface area contributed by atoms with Crippen molar-refractivity contribution in [1.82, 2.24) is 14.8 Å². The molecular weight excluding hydrogens is 336 g/mol. The van der Waals surface area contributed by atoms with Gasteiger partial charge >= 0.3 is 5.97 Å². The highest BCUT2D eigenvalue weighted by molar-refractivity contribution is 7.13. The van der Waals surface area contributed by atoms with E-state index >= 15 is 0 Å². The van der Waals surface area contributed by atoms with Gasteiger partial charge in [0.2, 0.25) is 0 Å². The van der Waals surface area contributed by atoms with Gasteiger partial charge in [0.05, 0.1) is 28.3 Å². The Morgan fingerprint density at radius 2 is 2.25 bits per heavy atom. The van der Waals surface area contributed by atoms with Crippen LogP contribution in [0.1, 0.15) is 24.6 Å². The van der Waals surface area contributed by atoms with Crippen LogP contribution in [0.5, 0.6) is 0 Å². The number of rotatable bonds is 5. The maximum absolute atomic E-state index is 13.5. The largest absolute Gasteiger partial charge is 0.465 e. The Bertz CT molecular complexity index is 875. The number of aryl methyl sites for hydroxylation is 1. The number of aromatic nitrogens is 3. The van der Waals surface area contributed by atoms with Crippen molar-refractivity contribution < 1.29 is 18.3 Å². The van der Waals surface area contributed by atoms with Crippen LogP contribution >= 0.6 is 11.3 Å². The summed E-state index contributed by atoms with van der Waals surface area (Å²) in [6.45, 7) is 3.41. The van der Waals surface area contributed by atoms with E-state index in [4.69, 9.17) is 4.74 Å². The third-order valence-electron chi connectivity index (χ3n) is 3.50. The topological polar surface area (TPSA) is 57.0 Å². The van der Waals surface area contributed by atoms with Gasteiger partial charge in [-0.15, -0.1) is 11.3 Å². The lowest BCUT2D eigenvalue weighted by Crippen LogP contribution is -2.15. The van der Waals surface area contributed by atoms with Crippen LogP contribution in [0.3, 0.4) is 0 Å². The number of hydrogen-bond donors (Lipinski definition) is 0. The zero-order chi connectivity index (χ0) is 17.3. The van der Waals surface area contributed by atoms with Gasteiger partial charge in [-0.2, -0.15) is 5.10 Å². The first-order valence-electron chi connectivity index (χ1n) is 7.37. The number of esters is 1. The summed E-state index contributed by atoms with van der Waals surface area (Å²) < 4.78 is 33.3. The first-order chi connectivity index (χ1) is 11.5. The van der Waals surface area contributed by atoms with Crippen molar-refractivity contribution in [1.29, 1.82) is 0 Å². The van der Waals surface area contributed by atoms with Crippen molar-refractivity contribution in [2.45, 2.75) is 26.8 Å². The number of hydrogen-bond acceptors (Lipinski definition) is 5. The summed E-state index contributed by atoms with van der Waals surface area (Å²) in [6.07, 6.45) is -2.66. The molecule has 0 spiro atoms. The number of fused-ring (bicyclic) bond motifs is 1. The minimum absolute atomic E-state index is 0.129. The van der Waals surface area contributed by atoms with E-state index in [1.807, 2.05) is 17.5 Å². The van der Waals surface area contributed by atoms with Gasteiger partial charge in [-0.05, 0) is 31.4 Å². The van der Waals surface area contributed by atoms with Crippen LogP contribution in [0.25, 0.3) is 21.6 Å². The second-order valence-electron chi connectivity index (χ2n) is 5.12. The van der Waals surface area contributed by atoms with E-state index in [9.17, 15) is 13.6 Å². The maximum atomic E-state index is 13.5. The molecule has 3 aromatic rings. The average molecular weight is 351 g/mol. The number of nitrogens with zero attached hydrogens (tertiary/aromatic N) is 3. The molecule has 5 nitrogen and oxygen atoms in total. The van der Waals surface area contributed by atoms with Gasteiger partial charge in [0, 0.05) is 5.56 Å². The summed E-state index contributed by atoms with van der Waals surface area (Å²) in [7, 11) is 0. The number of carbonyl (C=O) groups is 1. The Labute approximate surface area is 140 Å². The zero-order valence-electron chi connectivity index (χ0n) is 13.1. The highest BCUT2D eigenvalue weighted by Crippen LogP contribution is 2.34. The minimum atomic E-state index is -2.66. The van der Waals surface area contributed by atoms with Crippen LogP contribution in [0.15, 0.2) is 23.6 Å². The van der Waals surface area contributed by atoms with Gasteiger partial charge in [-0.3, -0.25) is 4.79 Å². The van der Waals surface area contributed by atoms with Crippen LogP contribution in [-0.4, -0.2) is 27.3 Å². The first-order valence-corrected chi connectivity index (χ1v) is 8.25. The highest BCUT2D eigenvalue weighted by Gasteiger charge is 2.22. The maximum Gasteiger partial charge on any atom is 0.327 e. The number of ether oxygens (including phenoxy) is 1. The molecule has 0 fully saturated rings. The van der Waals surface area contributed by atoms with Gasteiger partial charge < -0.3 is 4.74 Å². The fourth-order valence-corrected chi connectivity index (χ4v) is 3.23. The predicted molar refractivity (Wildman–Crippen MR) is 87.2 cm³/mol. The Hall–Kier alpha value is -2.35. The fraction of sp³-hybridized carbons (Fsp3) is 0.312. The summed E-state index contributed by atoms with van der Waals surface area (Å²) in [6, 6.07) is 5.03. The third kappa shape index (κ3) is 3.01. The molecule has 0 unspecified atom stereocenters. The van der Waals surface area contributed by atoms with Crippen LogP contribution in [-0.2, 0) is 16.1 Å². The third-order valence-corrected chi connectivity index (χ3v) is 4.39. The van der Waals surface area contributed by atoms with Crippen LogP contribution < -0.4 is 0 Å². The molecule has 24 heavy (non-hydrogen) atoms. The summed E-state index contributed by atoms with van der Waals surface area (Å²) in [5.41, 5.74) is 0.991. The van der Waals surface area contributed by atoms with Crippen molar-refractivity contribution in [2.75, 3.05) is 6.61 Å². The quantitative estimate of drug-likeness (QED) is 0.653.